The van der Waals surface area contributed by atoms with E-state index in [1.54, 1.807) is 0 Å². The van der Waals surface area contributed by atoms with Crippen molar-refractivity contribution in [1.29, 1.82) is 0 Å². The Morgan fingerprint density at radius 2 is 1.94 bits per heavy atom. The number of rotatable bonds is 10. The summed E-state index contributed by atoms with van der Waals surface area (Å²) in [6.07, 6.45) is 12.1. The molecule has 0 aromatic carbocycles. The van der Waals surface area contributed by atoms with Crippen LogP contribution in [0.15, 0.2) is 35.5 Å². The second-order valence-corrected chi connectivity index (χ2v) is 12.4. The first kappa shape index (κ1) is 28.6. The third-order valence-electron chi connectivity index (χ3n) is 9.17. The summed E-state index contributed by atoms with van der Waals surface area (Å²) in [6, 6.07) is 0. The molecule has 3 aliphatic carbocycles. The average Bonchev–Trinajstić information content (AvgIpc) is 3.14. The maximum absolute atomic E-state index is 10.7. The van der Waals surface area contributed by atoms with Gasteiger partial charge in [0, 0.05) is 19.6 Å². The topological polar surface area (TPSA) is 90.2 Å². The number of aliphatic hydroxyl groups is 4. The smallest absolute Gasteiger partial charge is 0.114 e. The summed E-state index contributed by atoms with van der Waals surface area (Å²) in [4.78, 5) is 0. The number of allylic oxidation sites excluding steroid dienone is 3. The van der Waals surface area contributed by atoms with Crippen molar-refractivity contribution in [3.63, 3.8) is 0 Å². The fourth-order valence-corrected chi connectivity index (χ4v) is 7.21. The van der Waals surface area contributed by atoms with Gasteiger partial charge in [0.2, 0.25) is 0 Å². The van der Waals surface area contributed by atoms with Gasteiger partial charge < -0.3 is 25.2 Å². The summed E-state index contributed by atoms with van der Waals surface area (Å²) in [5.41, 5.74) is 2.79. The zero-order valence-corrected chi connectivity index (χ0v) is 22.5. The van der Waals surface area contributed by atoms with E-state index in [1.165, 1.54) is 37.7 Å². The zero-order valence-electron chi connectivity index (χ0n) is 22.5. The normalized spacial score (nSPS) is 37.1. The lowest BCUT2D eigenvalue weighted by molar-refractivity contribution is -0.0968. The average molecular weight is 491 g/mol. The molecule has 0 aromatic rings. The summed E-state index contributed by atoms with van der Waals surface area (Å²) in [5.74, 6) is 1.98. The van der Waals surface area contributed by atoms with E-state index >= 15 is 0 Å². The lowest BCUT2D eigenvalue weighted by atomic mass is 9.60. The highest BCUT2D eigenvalue weighted by Crippen LogP contribution is 2.60. The minimum atomic E-state index is -0.931. The highest BCUT2D eigenvalue weighted by Gasteiger charge is 2.50. The van der Waals surface area contributed by atoms with E-state index in [0.717, 1.165) is 30.8 Å². The third-order valence-corrected chi connectivity index (χ3v) is 9.17. The van der Waals surface area contributed by atoms with Crippen LogP contribution in [-0.2, 0) is 4.74 Å². The largest absolute Gasteiger partial charge is 0.396 e. The van der Waals surface area contributed by atoms with Crippen LogP contribution in [0.2, 0.25) is 0 Å². The molecule has 7 atom stereocenters. The predicted octanol–water partition coefficient (Wildman–Crippen LogP) is 5.08. The molecule has 0 amide bonds. The molecule has 0 aromatic heterocycles. The second kappa shape index (κ2) is 12.0. The van der Waals surface area contributed by atoms with Crippen molar-refractivity contribution in [1.82, 2.24) is 0 Å². The monoisotopic (exact) mass is 490 g/mol. The lowest BCUT2D eigenvalue weighted by Gasteiger charge is -2.44. The Morgan fingerprint density at radius 1 is 1.20 bits per heavy atom. The van der Waals surface area contributed by atoms with Crippen molar-refractivity contribution < 1.29 is 25.2 Å². The van der Waals surface area contributed by atoms with Gasteiger partial charge >= 0.3 is 0 Å². The Kier molecular flexibility index (Phi) is 9.84. The van der Waals surface area contributed by atoms with E-state index in [1.807, 2.05) is 13.8 Å². The molecule has 0 radical (unpaired) electrons. The van der Waals surface area contributed by atoms with E-state index in [2.05, 4.69) is 32.6 Å². The lowest BCUT2D eigenvalue weighted by Crippen LogP contribution is -2.45. The number of aliphatic hydroxyl groups excluding tert-OH is 3. The second-order valence-electron chi connectivity index (χ2n) is 12.4. The van der Waals surface area contributed by atoms with Gasteiger partial charge in [0.05, 0.1) is 11.7 Å². The van der Waals surface area contributed by atoms with Crippen LogP contribution < -0.4 is 0 Å². The first-order valence-corrected chi connectivity index (χ1v) is 13.9. The number of ether oxygens (including phenoxy) is 1. The van der Waals surface area contributed by atoms with Crippen LogP contribution in [-0.4, -0.2) is 57.6 Å². The standard InChI is InChI=1S/C30H50O5/c1-20(9-6-15-29(3,4)34)24-13-14-25-22(10-7-16-30(24,25)5)11-12-23-19-26(32)28(27(33)21(23)2)35-18-8-17-31/h11-12,20,24-28,31-34H,2,6-10,13-19H2,1,3-5H3/b22-11+,23-12-/t20-,24+,25-,26+,27+,28-,30+/m0/s1. The van der Waals surface area contributed by atoms with Gasteiger partial charge in [0.1, 0.15) is 12.2 Å². The van der Waals surface area contributed by atoms with E-state index in [0.29, 0.717) is 42.3 Å². The first-order chi connectivity index (χ1) is 16.5. The molecule has 0 unspecified atom stereocenters. The molecule has 3 rings (SSSR count). The molecule has 4 N–H and O–H groups in total. The highest BCUT2D eigenvalue weighted by atomic mass is 16.5. The van der Waals surface area contributed by atoms with Gasteiger partial charge in [-0.05, 0) is 93.1 Å². The van der Waals surface area contributed by atoms with Gasteiger partial charge in [-0.25, -0.2) is 0 Å². The van der Waals surface area contributed by atoms with Crippen LogP contribution in [0.25, 0.3) is 0 Å². The Labute approximate surface area is 213 Å². The van der Waals surface area contributed by atoms with E-state index < -0.39 is 23.9 Å². The van der Waals surface area contributed by atoms with Crippen LogP contribution in [0.4, 0.5) is 0 Å². The molecule has 0 saturated heterocycles. The van der Waals surface area contributed by atoms with E-state index in [9.17, 15) is 15.3 Å². The molecule has 0 spiro atoms. The summed E-state index contributed by atoms with van der Waals surface area (Å²) in [7, 11) is 0. The fourth-order valence-electron chi connectivity index (χ4n) is 7.21. The van der Waals surface area contributed by atoms with Crippen molar-refractivity contribution in [3.05, 3.63) is 35.5 Å². The molecule has 5 nitrogen and oxygen atoms in total. The Balaban J connectivity index is 1.67. The molecule has 35 heavy (non-hydrogen) atoms. The third kappa shape index (κ3) is 6.87. The van der Waals surface area contributed by atoms with Crippen molar-refractivity contribution >= 4 is 0 Å². The minimum absolute atomic E-state index is 0.0269. The van der Waals surface area contributed by atoms with Crippen molar-refractivity contribution in [2.24, 2.45) is 23.2 Å². The molecule has 3 saturated carbocycles. The van der Waals surface area contributed by atoms with E-state index in [4.69, 9.17) is 9.84 Å². The number of hydrogen-bond acceptors (Lipinski definition) is 5. The van der Waals surface area contributed by atoms with Crippen LogP contribution in [0, 0.1) is 23.2 Å². The van der Waals surface area contributed by atoms with Crippen molar-refractivity contribution in [2.45, 2.75) is 116 Å². The Bertz CT molecular complexity index is 778. The molecule has 0 heterocycles. The Hall–Kier alpha value is -0.980. The molecular formula is C30H50O5. The van der Waals surface area contributed by atoms with Gasteiger partial charge in [-0.15, -0.1) is 0 Å². The molecule has 5 heteroatoms. The number of fused-ring (bicyclic) bond motifs is 1. The number of hydrogen-bond donors (Lipinski definition) is 4. The quantitative estimate of drug-likeness (QED) is 0.321. The summed E-state index contributed by atoms with van der Waals surface area (Å²) >= 11 is 0. The minimum Gasteiger partial charge on any atom is -0.396 e. The zero-order chi connectivity index (χ0) is 25.8. The fraction of sp³-hybridized carbons (Fsp3) is 0.800. The van der Waals surface area contributed by atoms with Gasteiger partial charge in [0.25, 0.3) is 0 Å². The molecular weight excluding hydrogens is 440 g/mol. The van der Waals surface area contributed by atoms with Crippen LogP contribution in [0.5, 0.6) is 0 Å². The highest BCUT2D eigenvalue weighted by molar-refractivity contribution is 5.40. The maximum atomic E-state index is 10.7. The van der Waals surface area contributed by atoms with Crippen LogP contribution in [0.1, 0.15) is 91.9 Å². The Morgan fingerprint density at radius 3 is 2.63 bits per heavy atom. The SMILES string of the molecule is C=C1/C(=C\C=C2/CCC[C@]3(C)[C@@H]([C@@H](C)CCCC(C)(C)O)CC[C@@H]23)C[C@@H](O)[C@H](OCCCO)[C@@H]1O. The van der Waals surface area contributed by atoms with Gasteiger partial charge in [-0.2, -0.15) is 0 Å². The van der Waals surface area contributed by atoms with Crippen LogP contribution >= 0.6 is 0 Å². The van der Waals surface area contributed by atoms with Gasteiger partial charge in [-0.1, -0.05) is 51.0 Å². The summed E-state index contributed by atoms with van der Waals surface area (Å²) < 4.78 is 5.63. The molecule has 0 aliphatic heterocycles. The van der Waals surface area contributed by atoms with Crippen molar-refractivity contribution in [2.75, 3.05) is 13.2 Å². The summed E-state index contributed by atoms with van der Waals surface area (Å²) in [5, 5.41) is 40.4. The van der Waals surface area contributed by atoms with Gasteiger partial charge in [0.15, 0.2) is 0 Å². The predicted molar refractivity (Wildman–Crippen MR) is 141 cm³/mol. The van der Waals surface area contributed by atoms with Gasteiger partial charge in [-0.3, -0.25) is 0 Å². The molecule has 3 fully saturated rings. The molecule has 3 aliphatic rings. The molecule has 0 bridgehead atoms. The van der Waals surface area contributed by atoms with Crippen LogP contribution in [0.3, 0.4) is 0 Å². The van der Waals surface area contributed by atoms with Crippen molar-refractivity contribution in [3.8, 4) is 0 Å². The molecule has 200 valence electrons. The van der Waals surface area contributed by atoms with E-state index in [-0.39, 0.29) is 6.61 Å². The maximum Gasteiger partial charge on any atom is 0.114 e. The first-order valence-electron chi connectivity index (χ1n) is 13.9. The summed E-state index contributed by atoms with van der Waals surface area (Å²) in [6.45, 7) is 13.2.